The number of ether oxygens (including phenoxy) is 1. The van der Waals surface area contributed by atoms with Crippen LogP contribution in [-0.2, 0) is 14.6 Å². The molecule has 1 aliphatic rings. The van der Waals surface area contributed by atoms with Crippen LogP contribution in [0.5, 0.6) is 0 Å². The van der Waals surface area contributed by atoms with E-state index in [4.69, 9.17) is 9.73 Å². The first-order chi connectivity index (χ1) is 7.73. The number of hydrogen-bond donors (Lipinski definition) is 0. The number of nitrogens with zero attached hydrogens (tertiary/aromatic N) is 1. The molecule has 0 spiro atoms. The Morgan fingerprint density at radius 3 is 1.82 bits per heavy atom. The van der Waals surface area contributed by atoms with E-state index < -0.39 is 0 Å². The predicted octanol–water partition coefficient (Wildman–Crippen LogP) is 4.69. The molecule has 105 valence electrons. The Kier molecular flexibility index (Phi) is 5.56. The second-order valence-electron chi connectivity index (χ2n) is 5.47. The van der Waals surface area contributed by atoms with E-state index in [2.05, 4.69) is 70.0 Å². The molecule has 0 amide bonds. The third-order valence-electron chi connectivity index (χ3n) is 3.49. The molecule has 1 aliphatic heterocycles. The van der Waals surface area contributed by atoms with Crippen molar-refractivity contribution in [2.75, 3.05) is 0 Å². The van der Waals surface area contributed by atoms with Crippen LogP contribution in [0.1, 0.15) is 41.5 Å². The molecule has 1 atom stereocenters. The first kappa shape index (κ1) is 16.0. The summed E-state index contributed by atoms with van der Waals surface area (Å²) >= 11 is 7.06. The second kappa shape index (κ2) is 5.92. The van der Waals surface area contributed by atoms with Gasteiger partial charge in [0.1, 0.15) is 0 Å². The van der Waals surface area contributed by atoms with Crippen molar-refractivity contribution in [1.29, 1.82) is 0 Å². The van der Waals surface area contributed by atoms with Gasteiger partial charge in [0, 0.05) is 0 Å². The summed E-state index contributed by atoms with van der Waals surface area (Å²) in [6.45, 7) is 13.4. The van der Waals surface area contributed by atoms with Gasteiger partial charge in [-0.25, -0.2) is 0 Å². The summed E-state index contributed by atoms with van der Waals surface area (Å²) in [5.41, 5.74) is -0.167. The molecule has 0 aromatic carbocycles. The van der Waals surface area contributed by atoms with Crippen LogP contribution in [0.25, 0.3) is 0 Å². The zero-order valence-corrected chi connectivity index (χ0v) is 15.4. The van der Waals surface area contributed by atoms with Crippen LogP contribution in [0.15, 0.2) is 4.99 Å². The monoisotopic (exact) mass is 412 g/mol. The van der Waals surface area contributed by atoms with E-state index in [-0.39, 0.29) is 21.5 Å². The number of halogens is 2. The quantitative estimate of drug-likeness (QED) is 0.612. The molecule has 17 heavy (non-hydrogen) atoms. The van der Waals surface area contributed by atoms with E-state index >= 15 is 0 Å². The minimum atomic E-state index is -0.387. The van der Waals surface area contributed by atoms with Crippen LogP contribution in [0.2, 0.25) is 0 Å². The molecule has 1 rings (SSSR count). The minimum absolute atomic E-state index is 0.167. The molecule has 0 aromatic rings. The Morgan fingerprint density at radius 2 is 1.59 bits per heavy atom. The molecule has 5 heteroatoms. The average Bonchev–Trinajstić information content (AvgIpc) is 2.58. The zero-order valence-electron chi connectivity index (χ0n) is 11.2. The van der Waals surface area contributed by atoms with Crippen LogP contribution in [-0.4, -0.2) is 16.5 Å². The summed E-state index contributed by atoms with van der Waals surface area (Å²) in [7, 11) is -0.387. The first-order valence-electron chi connectivity index (χ1n) is 5.95. The first-order valence-corrected chi connectivity index (χ1v) is 11.3. The molecule has 0 saturated heterocycles. The molecule has 0 saturated carbocycles. The molecule has 1 heterocycles. The van der Waals surface area contributed by atoms with E-state index in [1.165, 1.54) is 0 Å². The summed E-state index contributed by atoms with van der Waals surface area (Å²) in [5.74, 6) is 1.38. The Labute approximate surface area is 123 Å². The molecule has 0 aliphatic carbocycles. The van der Waals surface area contributed by atoms with Crippen LogP contribution >= 0.6 is 28.5 Å². The van der Waals surface area contributed by atoms with Crippen molar-refractivity contribution in [3.63, 3.8) is 0 Å². The maximum atomic E-state index is 6.28. The van der Waals surface area contributed by atoms with E-state index in [0.717, 1.165) is 4.87 Å². The van der Waals surface area contributed by atoms with Crippen LogP contribution in [0.3, 0.4) is 0 Å². The van der Waals surface area contributed by atoms with Crippen LogP contribution in [0, 0.1) is 17.8 Å². The van der Waals surface area contributed by atoms with Gasteiger partial charge in [0.25, 0.3) is 0 Å². The summed E-state index contributed by atoms with van der Waals surface area (Å²) in [5, 5.41) is 0. The Bertz CT molecular complexity index is 295. The SMILES string of the molecule is CC(C)[C@H]1N=[C]([Ni]([Br])[Br])OC1(C(C)C)C(C)C. The van der Waals surface area contributed by atoms with E-state index in [1.54, 1.807) is 0 Å². The van der Waals surface area contributed by atoms with Crippen molar-refractivity contribution in [3.8, 4) is 0 Å². The Morgan fingerprint density at radius 1 is 1.12 bits per heavy atom. The topological polar surface area (TPSA) is 21.6 Å². The molecule has 0 N–H and O–H groups in total. The fraction of sp³-hybridized carbons (Fsp3) is 0.917. The Balaban J connectivity index is 3.15. The summed E-state index contributed by atoms with van der Waals surface area (Å²) < 4.78 is 6.28. The fourth-order valence-electron chi connectivity index (χ4n) is 2.73. The number of hydrogen-bond acceptors (Lipinski definition) is 2. The van der Waals surface area contributed by atoms with E-state index in [0.29, 0.717) is 17.8 Å². The van der Waals surface area contributed by atoms with Crippen molar-refractivity contribution < 1.29 is 14.6 Å². The van der Waals surface area contributed by atoms with Gasteiger partial charge in [-0.2, -0.15) is 0 Å². The van der Waals surface area contributed by atoms with Gasteiger partial charge >= 0.3 is 124 Å². The average molecular weight is 415 g/mol. The van der Waals surface area contributed by atoms with Gasteiger partial charge in [-0.15, -0.1) is 0 Å². The van der Waals surface area contributed by atoms with E-state index in [9.17, 15) is 0 Å². The summed E-state index contributed by atoms with van der Waals surface area (Å²) in [6.07, 6.45) is 0. The summed E-state index contributed by atoms with van der Waals surface area (Å²) in [4.78, 5) is 5.63. The van der Waals surface area contributed by atoms with Gasteiger partial charge in [0.15, 0.2) is 0 Å². The van der Waals surface area contributed by atoms with Crippen molar-refractivity contribution in [1.82, 2.24) is 0 Å². The Hall–Kier alpha value is 0.924. The fourth-order valence-corrected chi connectivity index (χ4v) is 4.17. The molecule has 0 unspecified atom stereocenters. The van der Waals surface area contributed by atoms with Gasteiger partial charge in [-0.3, -0.25) is 0 Å². The van der Waals surface area contributed by atoms with Crippen molar-refractivity contribution in [3.05, 3.63) is 0 Å². The van der Waals surface area contributed by atoms with Gasteiger partial charge in [-0.1, -0.05) is 0 Å². The second-order valence-corrected chi connectivity index (χ2v) is 13.3. The van der Waals surface area contributed by atoms with Gasteiger partial charge in [0.05, 0.1) is 0 Å². The van der Waals surface area contributed by atoms with Crippen molar-refractivity contribution >= 4 is 33.3 Å². The van der Waals surface area contributed by atoms with Crippen LogP contribution in [0.4, 0.5) is 0 Å². The van der Waals surface area contributed by atoms with E-state index in [1.807, 2.05) is 0 Å². The van der Waals surface area contributed by atoms with Gasteiger partial charge in [-0.05, 0) is 0 Å². The predicted molar refractivity (Wildman–Crippen MR) is 77.4 cm³/mol. The molecule has 0 fully saturated rings. The zero-order chi connectivity index (χ0) is 13.4. The maximum absolute atomic E-state index is 6.28. The van der Waals surface area contributed by atoms with Gasteiger partial charge in [0.2, 0.25) is 0 Å². The molecule has 2 nitrogen and oxygen atoms in total. The molecule has 0 aromatic heterocycles. The third-order valence-corrected chi connectivity index (χ3v) is 5.80. The number of aliphatic imine (C=N–C) groups is 1. The summed E-state index contributed by atoms with van der Waals surface area (Å²) in [6, 6.07) is 0.242. The molecule has 0 bridgehead atoms. The molecular weight excluding hydrogens is 393 g/mol. The van der Waals surface area contributed by atoms with Crippen molar-refractivity contribution in [2.45, 2.75) is 53.2 Å². The van der Waals surface area contributed by atoms with Crippen molar-refractivity contribution in [2.24, 2.45) is 22.7 Å². The molecule has 0 radical (unpaired) electrons. The van der Waals surface area contributed by atoms with Gasteiger partial charge < -0.3 is 0 Å². The van der Waals surface area contributed by atoms with Crippen LogP contribution < -0.4 is 0 Å². The third kappa shape index (κ3) is 2.92. The standard InChI is InChI=1S/C12H22NO.2BrH.Ni/c1-8(2)11-12(9(3)4,10(5)6)14-7-13-11;;;/h8-11H,1-6H3;2*1H;/q;;;+2/p-2/t11-;;;/m1.../s1. The number of rotatable bonds is 4. The molecular formula is C12H22Br2NNiO. The normalized spacial score (nSPS) is 24.3.